The van der Waals surface area contributed by atoms with Gasteiger partial charge in [0.25, 0.3) is 0 Å². The van der Waals surface area contributed by atoms with Gasteiger partial charge in [0.2, 0.25) is 0 Å². The van der Waals surface area contributed by atoms with Gasteiger partial charge < -0.3 is 4.90 Å². The van der Waals surface area contributed by atoms with Crippen LogP contribution in [0.4, 0.5) is 17.1 Å². The molecule has 0 spiro atoms. The molecule has 0 saturated heterocycles. The molecule has 1 nitrogen and oxygen atoms in total. The van der Waals surface area contributed by atoms with Gasteiger partial charge in [-0.3, -0.25) is 0 Å². The lowest BCUT2D eigenvalue weighted by Gasteiger charge is -2.29. The number of hydrogen-bond acceptors (Lipinski definition) is 1. The Hall–Kier alpha value is -3.58. The highest BCUT2D eigenvalue weighted by Gasteiger charge is 2.20. The van der Waals surface area contributed by atoms with Crippen LogP contribution in [-0.4, -0.2) is 0 Å². The van der Waals surface area contributed by atoms with Gasteiger partial charge in [0.05, 0.1) is 5.69 Å². The monoisotopic (exact) mass is 597 g/mol. The maximum absolute atomic E-state index is 2.52. The zero-order valence-electron chi connectivity index (χ0n) is 28.7. The van der Waals surface area contributed by atoms with E-state index >= 15 is 0 Å². The third kappa shape index (κ3) is 8.37. The largest absolute Gasteiger partial charge is 0.309 e. The van der Waals surface area contributed by atoms with Crippen molar-refractivity contribution in [2.45, 2.75) is 118 Å². The highest BCUT2D eigenvalue weighted by molar-refractivity contribution is 6.14. The van der Waals surface area contributed by atoms with Gasteiger partial charge in [-0.25, -0.2) is 0 Å². The van der Waals surface area contributed by atoms with E-state index < -0.39 is 0 Å². The van der Waals surface area contributed by atoms with E-state index in [1.807, 2.05) is 0 Å². The molecule has 45 heavy (non-hydrogen) atoms. The highest BCUT2D eigenvalue weighted by atomic mass is 15.1. The molecule has 0 saturated carbocycles. The minimum absolute atomic E-state index is 0.505. The van der Waals surface area contributed by atoms with Gasteiger partial charge in [0.15, 0.2) is 0 Å². The minimum atomic E-state index is 0.505. The van der Waals surface area contributed by atoms with Crippen LogP contribution in [0.3, 0.4) is 0 Å². The molecule has 0 aliphatic rings. The quantitative estimate of drug-likeness (QED) is 0.0808. The highest BCUT2D eigenvalue weighted by Crippen LogP contribution is 2.44. The number of nitrogens with zero attached hydrogens (tertiary/aromatic N) is 1. The van der Waals surface area contributed by atoms with Crippen LogP contribution in [0, 0.1) is 6.92 Å². The summed E-state index contributed by atoms with van der Waals surface area (Å²) in [5.41, 5.74) is 9.27. The Balaban J connectivity index is 1.65. The van der Waals surface area contributed by atoms with Crippen molar-refractivity contribution in [3.8, 4) is 0 Å². The molecule has 0 unspecified atom stereocenters. The zero-order chi connectivity index (χ0) is 31.6. The van der Waals surface area contributed by atoms with Crippen molar-refractivity contribution in [2.75, 3.05) is 4.90 Å². The summed E-state index contributed by atoms with van der Waals surface area (Å²) in [6, 6.07) is 35.3. The van der Waals surface area contributed by atoms with E-state index in [2.05, 4.69) is 131 Å². The van der Waals surface area contributed by atoms with Crippen LogP contribution < -0.4 is 4.90 Å². The molecule has 5 rings (SSSR count). The summed E-state index contributed by atoms with van der Waals surface area (Å²) in [4.78, 5) is 2.52. The maximum Gasteiger partial charge on any atom is 0.0618 e. The van der Waals surface area contributed by atoms with Crippen LogP contribution in [0.5, 0.6) is 0 Å². The second kappa shape index (κ2) is 16.1. The Bertz CT molecular complexity index is 1640. The van der Waals surface area contributed by atoms with E-state index in [-0.39, 0.29) is 0 Å². The molecular formula is C44H55N. The lowest BCUT2D eigenvalue weighted by atomic mass is 9.94. The van der Waals surface area contributed by atoms with E-state index in [4.69, 9.17) is 0 Å². The van der Waals surface area contributed by atoms with Crippen LogP contribution in [0.1, 0.15) is 120 Å². The summed E-state index contributed by atoms with van der Waals surface area (Å²) in [7, 11) is 0. The first kappa shape index (κ1) is 32.8. The molecule has 0 fully saturated rings. The normalized spacial score (nSPS) is 11.6. The van der Waals surface area contributed by atoms with E-state index in [1.54, 1.807) is 0 Å². The fourth-order valence-electron chi connectivity index (χ4n) is 6.72. The molecule has 236 valence electrons. The third-order valence-corrected chi connectivity index (χ3v) is 9.53. The lowest BCUT2D eigenvalue weighted by molar-refractivity contribution is 0.607. The summed E-state index contributed by atoms with van der Waals surface area (Å²) in [6.45, 7) is 11.3. The SMILES string of the molecule is CCCCCCCCc1ccc2cc3cc(CCCCCC)ccc3c(N(c3ccc(C)cc3)c3ccc(C(C)C)cc3)c2c1. The predicted molar refractivity (Wildman–Crippen MR) is 200 cm³/mol. The molecule has 0 aliphatic heterocycles. The van der Waals surface area contributed by atoms with Crippen molar-refractivity contribution in [1.82, 2.24) is 0 Å². The maximum atomic E-state index is 2.52. The summed E-state index contributed by atoms with van der Waals surface area (Å²) in [5.74, 6) is 0.505. The first-order chi connectivity index (χ1) is 22.0. The van der Waals surface area contributed by atoms with E-state index in [9.17, 15) is 0 Å². The smallest absolute Gasteiger partial charge is 0.0618 e. The Labute approximate surface area is 273 Å². The Morgan fingerprint density at radius 1 is 0.511 bits per heavy atom. The van der Waals surface area contributed by atoms with Crippen LogP contribution in [0.2, 0.25) is 0 Å². The van der Waals surface area contributed by atoms with Crippen LogP contribution in [0.15, 0.2) is 91.0 Å². The van der Waals surface area contributed by atoms with Gasteiger partial charge in [-0.2, -0.15) is 0 Å². The number of benzene rings is 5. The molecule has 0 atom stereocenters. The second-order valence-electron chi connectivity index (χ2n) is 13.6. The molecule has 0 amide bonds. The van der Waals surface area contributed by atoms with Gasteiger partial charge >= 0.3 is 0 Å². The van der Waals surface area contributed by atoms with Gasteiger partial charge in [0, 0.05) is 22.1 Å². The number of rotatable bonds is 16. The molecule has 0 bridgehead atoms. The molecule has 5 aromatic carbocycles. The number of fused-ring (bicyclic) bond motifs is 2. The fourth-order valence-corrected chi connectivity index (χ4v) is 6.72. The van der Waals surface area contributed by atoms with Gasteiger partial charge in [-0.1, -0.05) is 139 Å². The average molecular weight is 598 g/mol. The number of hydrogen-bond donors (Lipinski definition) is 0. The molecule has 0 aliphatic carbocycles. The van der Waals surface area contributed by atoms with Crippen LogP contribution >= 0.6 is 0 Å². The molecule has 0 aromatic heterocycles. The topological polar surface area (TPSA) is 3.24 Å². The van der Waals surface area contributed by atoms with Crippen LogP contribution in [-0.2, 0) is 12.8 Å². The van der Waals surface area contributed by atoms with Gasteiger partial charge in [-0.05, 0) is 102 Å². The lowest BCUT2D eigenvalue weighted by Crippen LogP contribution is -2.11. The van der Waals surface area contributed by atoms with Gasteiger partial charge in [0.1, 0.15) is 0 Å². The third-order valence-electron chi connectivity index (χ3n) is 9.53. The van der Waals surface area contributed by atoms with E-state index in [0.717, 1.165) is 12.8 Å². The standard InChI is InChI=1S/C44H55N/c1-6-8-10-12-13-15-17-36-20-22-38-32-39-30-35(16-14-11-9-7-2)21-29-42(39)44(43(38)31-36)45(40-25-18-34(5)19-26-40)41-27-23-37(24-28-41)33(3)4/h18-33H,6-17H2,1-5H3. The zero-order valence-corrected chi connectivity index (χ0v) is 28.7. The summed E-state index contributed by atoms with van der Waals surface area (Å²) in [5, 5.41) is 5.33. The Kier molecular flexibility index (Phi) is 11.8. The van der Waals surface area contributed by atoms with E-state index in [1.165, 1.54) is 125 Å². The van der Waals surface area contributed by atoms with Gasteiger partial charge in [-0.15, -0.1) is 0 Å². The van der Waals surface area contributed by atoms with E-state index in [0.29, 0.717) is 5.92 Å². The number of anilines is 3. The fraction of sp³-hybridized carbons (Fsp3) is 0.409. The first-order valence-corrected chi connectivity index (χ1v) is 17.9. The van der Waals surface area contributed by atoms with Crippen molar-refractivity contribution in [2.24, 2.45) is 0 Å². The summed E-state index contributed by atoms with van der Waals surface area (Å²) >= 11 is 0. The number of unbranched alkanes of at least 4 members (excludes halogenated alkanes) is 8. The predicted octanol–water partition coefficient (Wildman–Crippen LogP) is 13.9. The Morgan fingerprint density at radius 3 is 1.71 bits per heavy atom. The molecule has 0 radical (unpaired) electrons. The average Bonchev–Trinajstić information content (AvgIpc) is 3.05. The summed E-state index contributed by atoms with van der Waals surface area (Å²) in [6.07, 6.45) is 15.4. The Morgan fingerprint density at radius 2 is 1.07 bits per heavy atom. The molecule has 0 heterocycles. The van der Waals surface area contributed by atoms with Crippen LogP contribution in [0.25, 0.3) is 21.5 Å². The molecular weight excluding hydrogens is 542 g/mol. The molecule has 0 N–H and O–H groups in total. The second-order valence-corrected chi connectivity index (χ2v) is 13.6. The van der Waals surface area contributed by atoms with Crippen molar-refractivity contribution < 1.29 is 0 Å². The molecule has 5 aromatic rings. The first-order valence-electron chi connectivity index (χ1n) is 17.9. The minimum Gasteiger partial charge on any atom is -0.309 e. The van der Waals surface area contributed by atoms with Crippen molar-refractivity contribution in [3.05, 3.63) is 113 Å². The van der Waals surface area contributed by atoms with Crippen molar-refractivity contribution >= 4 is 38.6 Å². The van der Waals surface area contributed by atoms with Crippen molar-refractivity contribution in [1.29, 1.82) is 0 Å². The van der Waals surface area contributed by atoms with Crippen molar-refractivity contribution in [3.63, 3.8) is 0 Å². The summed E-state index contributed by atoms with van der Waals surface area (Å²) < 4.78 is 0. The number of aryl methyl sites for hydroxylation is 3. The molecule has 1 heteroatoms.